The van der Waals surface area contributed by atoms with Crippen molar-refractivity contribution in [2.24, 2.45) is 0 Å². The Morgan fingerprint density at radius 2 is 0.762 bits per heavy atom. The molecule has 8 heteroatoms. The van der Waals surface area contributed by atoms with Gasteiger partial charge in [0.25, 0.3) is 0 Å². The quantitative estimate of drug-likeness (QED) is 0.445. The molecule has 0 spiro atoms. The molecule has 0 amide bonds. The van der Waals surface area contributed by atoms with Crippen LogP contribution in [0.4, 0.5) is 0 Å². The van der Waals surface area contributed by atoms with E-state index in [1.807, 2.05) is 0 Å². The SMILES string of the molecule is CN1CCOCCOCCOCCOCCOCC1.II. The lowest BCUT2D eigenvalue weighted by Gasteiger charge is -2.17. The molecule has 1 heterocycles. The molecule has 1 fully saturated rings. The highest BCUT2D eigenvalue weighted by Gasteiger charge is 1.99. The molecular weight excluding hydrogens is 504 g/mol. The fourth-order valence-corrected chi connectivity index (χ4v) is 1.53. The predicted octanol–water partition coefficient (Wildman–Crippen LogP) is 1.79. The van der Waals surface area contributed by atoms with E-state index in [0.29, 0.717) is 52.9 Å². The molecule has 0 unspecified atom stereocenters. The van der Waals surface area contributed by atoms with Crippen molar-refractivity contribution in [3.05, 3.63) is 0 Å². The summed E-state index contributed by atoms with van der Waals surface area (Å²) in [6.07, 6.45) is 0. The maximum Gasteiger partial charge on any atom is 0.0701 e. The summed E-state index contributed by atoms with van der Waals surface area (Å²) in [6.45, 7) is 8.16. The first-order chi connectivity index (χ1) is 10.4. The number of halogens is 2. The average Bonchev–Trinajstić information content (AvgIpc) is 2.51. The second-order valence-electron chi connectivity index (χ2n) is 4.37. The van der Waals surface area contributed by atoms with E-state index in [9.17, 15) is 0 Å². The first-order valence-corrected chi connectivity index (χ1v) is 13.4. The fraction of sp³-hybridized carbons (Fsp3) is 1.00. The Labute approximate surface area is 151 Å². The van der Waals surface area contributed by atoms with E-state index in [-0.39, 0.29) is 0 Å². The second-order valence-corrected chi connectivity index (χ2v) is 4.37. The number of hydrogen-bond acceptors (Lipinski definition) is 6. The zero-order valence-corrected chi connectivity index (χ0v) is 17.0. The van der Waals surface area contributed by atoms with Gasteiger partial charge >= 0.3 is 0 Å². The number of ether oxygens (including phenoxy) is 5. The van der Waals surface area contributed by atoms with Gasteiger partial charge in [0.1, 0.15) is 0 Å². The third-order valence-electron chi connectivity index (χ3n) is 2.72. The minimum absolute atomic E-state index is 0.600. The molecule has 128 valence electrons. The van der Waals surface area contributed by atoms with E-state index in [2.05, 4.69) is 49.2 Å². The molecule has 1 rings (SSSR count). The lowest BCUT2D eigenvalue weighted by Crippen LogP contribution is -2.28. The predicted molar refractivity (Wildman–Crippen MR) is 99.6 cm³/mol. The maximum absolute atomic E-state index is 5.48. The highest BCUT2D eigenvalue weighted by Crippen LogP contribution is 1.89. The van der Waals surface area contributed by atoms with Gasteiger partial charge in [-0.05, 0) is 7.05 Å². The molecule has 0 saturated carbocycles. The zero-order chi connectivity index (χ0) is 15.6. The maximum atomic E-state index is 5.48. The van der Waals surface area contributed by atoms with Gasteiger partial charge in [0.15, 0.2) is 0 Å². The number of nitrogens with zero attached hydrogens (tertiary/aromatic N) is 1. The van der Waals surface area contributed by atoms with Crippen molar-refractivity contribution in [2.45, 2.75) is 0 Å². The molecule has 1 aliphatic heterocycles. The van der Waals surface area contributed by atoms with Crippen molar-refractivity contribution in [3.63, 3.8) is 0 Å². The van der Waals surface area contributed by atoms with Crippen LogP contribution in [0.2, 0.25) is 0 Å². The van der Waals surface area contributed by atoms with Gasteiger partial charge in [-0.15, -0.1) is 0 Å². The van der Waals surface area contributed by atoms with E-state index in [1.54, 1.807) is 0 Å². The monoisotopic (exact) mass is 531 g/mol. The standard InChI is InChI=1S/C13H27NO5.I2/c1-14-2-4-15-6-8-17-10-12-19-13-11-18-9-7-16-5-3-14;1-2/h2-13H2,1H3;. The van der Waals surface area contributed by atoms with Crippen LogP contribution in [-0.2, 0) is 23.7 Å². The Kier molecular flexibility index (Phi) is 20.4. The molecule has 0 radical (unpaired) electrons. The Morgan fingerprint density at radius 3 is 1.05 bits per heavy atom. The van der Waals surface area contributed by atoms with Crippen molar-refractivity contribution in [1.82, 2.24) is 4.90 Å². The summed E-state index contributed by atoms with van der Waals surface area (Å²) >= 11 is 4.24. The summed E-state index contributed by atoms with van der Waals surface area (Å²) in [7, 11) is 2.06. The van der Waals surface area contributed by atoms with Crippen LogP contribution in [0.3, 0.4) is 0 Å². The molecule has 0 bridgehead atoms. The second kappa shape index (κ2) is 19.3. The summed E-state index contributed by atoms with van der Waals surface area (Å²) in [5, 5.41) is 0. The molecular formula is C13H27I2NO5. The number of likely N-dealkylation sites (N-methyl/N-ethyl adjacent to an activating group) is 1. The summed E-state index contributed by atoms with van der Waals surface area (Å²) in [6, 6.07) is 0. The van der Waals surface area contributed by atoms with E-state index in [4.69, 9.17) is 23.7 Å². The van der Waals surface area contributed by atoms with E-state index in [1.165, 1.54) is 0 Å². The van der Waals surface area contributed by atoms with Gasteiger partial charge in [0, 0.05) is 50.3 Å². The lowest BCUT2D eigenvalue weighted by molar-refractivity contribution is -0.0172. The Bertz CT molecular complexity index is 185. The average molecular weight is 531 g/mol. The van der Waals surface area contributed by atoms with Gasteiger partial charge in [-0.25, -0.2) is 0 Å². The Hall–Kier alpha value is 1.22. The van der Waals surface area contributed by atoms with Gasteiger partial charge in [0.05, 0.1) is 66.1 Å². The van der Waals surface area contributed by atoms with Crippen molar-refractivity contribution in [1.29, 1.82) is 0 Å². The Balaban J connectivity index is 0.00000191. The van der Waals surface area contributed by atoms with Gasteiger partial charge < -0.3 is 28.6 Å². The van der Waals surface area contributed by atoms with E-state index < -0.39 is 0 Å². The first-order valence-electron chi connectivity index (χ1n) is 7.11. The first kappa shape index (κ1) is 22.2. The van der Waals surface area contributed by atoms with Crippen LogP contribution >= 0.6 is 37.2 Å². The van der Waals surface area contributed by atoms with Crippen LogP contribution in [0.5, 0.6) is 0 Å². The number of hydrogen-bond donors (Lipinski definition) is 0. The lowest BCUT2D eigenvalue weighted by atomic mass is 10.5. The van der Waals surface area contributed by atoms with Crippen LogP contribution in [0.1, 0.15) is 0 Å². The van der Waals surface area contributed by atoms with Gasteiger partial charge in [-0.1, -0.05) is 0 Å². The molecule has 6 nitrogen and oxygen atoms in total. The smallest absolute Gasteiger partial charge is 0.0701 e. The zero-order valence-electron chi connectivity index (χ0n) is 12.7. The van der Waals surface area contributed by atoms with E-state index >= 15 is 0 Å². The van der Waals surface area contributed by atoms with Crippen LogP contribution in [0.15, 0.2) is 0 Å². The normalized spacial score (nSPS) is 22.4. The largest absolute Gasteiger partial charge is 0.378 e. The summed E-state index contributed by atoms with van der Waals surface area (Å²) in [5.41, 5.74) is 0. The third-order valence-corrected chi connectivity index (χ3v) is 2.72. The van der Waals surface area contributed by atoms with Crippen molar-refractivity contribution >= 4 is 37.2 Å². The fourth-order valence-electron chi connectivity index (χ4n) is 1.53. The van der Waals surface area contributed by atoms with Gasteiger partial charge in [0.2, 0.25) is 0 Å². The van der Waals surface area contributed by atoms with Crippen molar-refractivity contribution < 1.29 is 23.7 Å². The van der Waals surface area contributed by atoms with Gasteiger partial charge in [-0.2, -0.15) is 0 Å². The third kappa shape index (κ3) is 17.4. The minimum Gasteiger partial charge on any atom is -0.378 e. The van der Waals surface area contributed by atoms with Crippen LogP contribution in [0, 0.1) is 0 Å². The highest BCUT2D eigenvalue weighted by molar-refractivity contribution is 15.0. The molecule has 0 aliphatic carbocycles. The van der Waals surface area contributed by atoms with Crippen molar-refractivity contribution in [3.8, 4) is 0 Å². The molecule has 0 N–H and O–H groups in total. The molecule has 21 heavy (non-hydrogen) atoms. The summed E-state index contributed by atoms with van der Waals surface area (Å²) in [5.74, 6) is 0. The summed E-state index contributed by atoms with van der Waals surface area (Å²) in [4.78, 5) is 2.19. The molecule has 0 aromatic heterocycles. The minimum atomic E-state index is 0.600. The van der Waals surface area contributed by atoms with E-state index in [0.717, 1.165) is 26.3 Å². The summed E-state index contributed by atoms with van der Waals surface area (Å²) < 4.78 is 27.1. The molecule has 0 aromatic rings. The molecule has 0 atom stereocenters. The molecule has 0 aromatic carbocycles. The Morgan fingerprint density at radius 1 is 0.524 bits per heavy atom. The van der Waals surface area contributed by atoms with Crippen LogP contribution in [0.25, 0.3) is 0 Å². The topological polar surface area (TPSA) is 49.4 Å². The highest BCUT2D eigenvalue weighted by atomic mass is 128. The van der Waals surface area contributed by atoms with Gasteiger partial charge in [-0.3, -0.25) is 0 Å². The number of rotatable bonds is 0. The molecule has 1 aliphatic rings. The molecule has 1 saturated heterocycles. The van der Waals surface area contributed by atoms with Crippen LogP contribution < -0.4 is 0 Å². The van der Waals surface area contributed by atoms with Crippen molar-refractivity contribution in [2.75, 3.05) is 86.2 Å². The van der Waals surface area contributed by atoms with Crippen LogP contribution in [-0.4, -0.2) is 91.1 Å².